The van der Waals surface area contributed by atoms with Crippen LogP contribution in [0.5, 0.6) is 5.75 Å². The number of hydrogen-bond donors (Lipinski definition) is 2. The summed E-state index contributed by atoms with van der Waals surface area (Å²) in [6.45, 7) is 3.99. The van der Waals surface area contributed by atoms with E-state index in [9.17, 15) is 0 Å². The molecule has 5 heterocycles. The summed E-state index contributed by atoms with van der Waals surface area (Å²) >= 11 is 0. The lowest BCUT2D eigenvalue weighted by Gasteiger charge is -2.22. The van der Waals surface area contributed by atoms with Gasteiger partial charge in [0.2, 0.25) is 5.75 Å². The van der Waals surface area contributed by atoms with Gasteiger partial charge in [-0.05, 0) is 38.9 Å². The Labute approximate surface area is 174 Å². The van der Waals surface area contributed by atoms with Crippen LogP contribution in [0, 0.1) is 0 Å². The van der Waals surface area contributed by atoms with Crippen molar-refractivity contribution < 1.29 is 9.15 Å². The summed E-state index contributed by atoms with van der Waals surface area (Å²) in [6.07, 6.45) is 12.8. The summed E-state index contributed by atoms with van der Waals surface area (Å²) in [6, 6.07) is 4.26. The van der Waals surface area contributed by atoms with Crippen molar-refractivity contribution in [3.8, 4) is 16.9 Å². The van der Waals surface area contributed by atoms with Gasteiger partial charge < -0.3 is 20.2 Å². The molecule has 0 amide bonds. The van der Waals surface area contributed by atoms with Crippen molar-refractivity contribution in [3.05, 3.63) is 54.9 Å². The highest BCUT2D eigenvalue weighted by Crippen LogP contribution is 2.39. The molecule has 8 nitrogen and oxygen atoms in total. The van der Waals surface area contributed by atoms with Crippen LogP contribution in [0.2, 0.25) is 0 Å². The van der Waals surface area contributed by atoms with Gasteiger partial charge in [0, 0.05) is 41.5 Å². The molecule has 0 aromatic carbocycles. The minimum Gasteiger partial charge on any atom is -0.478 e. The summed E-state index contributed by atoms with van der Waals surface area (Å²) < 4.78 is 14.1. The van der Waals surface area contributed by atoms with Gasteiger partial charge in [0.1, 0.15) is 12.4 Å². The Morgan fingerprint density at radius 1 is 1.27 bits per heavy atom. The first kappa shape index (κ1) is 18.6. The van der Waals surface area contributed by atoms with Gasteiger partial charge in [-0.3, -0.25) is 9.67 Å². The normalized spacial score (nSPS) is 16.0. The van der Waals surface area contributed by atoms with E-state index in [4.69, 9.17) is 14.9 Å². The highest BCUT2D eigenvalue weighted by molar-refractivity contribution is 5.97. The van der Waals surface area contributed by atoms with Gasteiger partial charge in [-0.15, -0.1) is 0 Å². The number of anilines is 1. The number of nitrogen functional groups attached to an aromatic ring is 1. The molecule has 0 radical (unpaired) electrons. The van der Waals surface area contributed by atoms with Gasteiger partial charge >= 0.3 is 0 Å². The number of nitrogens with two attached hydrogens (primary N) is 1. The van der Waals surface area contributed by atoms with Gasteiger partial charge in [0.25, 0.3) is 0 Å². The fourth-order valence-electron chi connectivity index (χ4n) is 3.93. The number of fused-ring (bicyclic) bond motifs is 1. The number of pyridine rings is 2. The van der Waals surface area contributed by atoms with Crippen LogP contribution in [0.4, 0.5) is 5.82 Å². The monoisotopic (exact) mass is 404 g/mol. The largest absolute Gasteiger partial charge is 0.478 e. The zero-order chi connectivity index (χ0) is 20.5. The molecule has 1 fully saturated rings. The second kappa shape index (κ2) is 7.79. The Kier molecular flexibility index (Phi) is 4.84. The average Bonchev–Trinajstić information content (AvgIpc) is 3.44. The van der Waals surface area contributed by atoms with Crippen molar-refractivity contribution in [2.24, 2.45) is 0 Å². The molecule has 1 atom stereocenters. The molecular formula is C22H24N6O2. The molecule has 0 spiro atoms. The van der Waals surface area contributed by atoms with Crippen LogP contribution in [0.3, 0.4) is 0 Å². The maximum Gasteiger partial charge on any atom is 0.205 e. The minimum absolute atomic E-state index is 0.246. The number of piperidine rings is 1. The first-order chi connectivity index (χ1) is 14.7. The molecule has 3 N–H and O–H groups in total. The number of hydrogen-bond acceptors (Lipinski definition) is 7. The van der Waals surface area contributed by atoms with Gasteiger partial charge in [-0.25, -0.2) is 4.98 Å². The zero-order valence-corrected chi connectivity index (χ0v) is 16.8. The van der Waals surface area contributed by atoms with E-state index in [2.05, 4.69) is 31.3 Å². The van der Waals surface area contributed by atoms with E-state index in [-0.39, 0.29) is 6.10 Å². The summed E-state index contributed by atoms with van der Waals surface area (Å²) in [4.78, 5) is 8.50. The maximum absolute atomic E-state index is 6.15. The SMILES string of the molecule is CC(Oc1c(N)ncc2c(-c3cnn(C4CCNCC4)c3)coc12)c1cccnc1. The highest BCUT2D eigenvalue weighted by Gasteiger charge is 2.21. The van der Waals surface area contributed by atoms with Crippen molar-refractivity contribution in [2.45, 2.75) is 31.9 Å². The van der Waals surface area contributed by atoms with E-state index in [0.717, 1.165) is 48.0 Å². The first-order valence-corrected chi connectivity index (χ1v) is 10.2. The molecule has 4 aromatic rings. The summed E-state index contributed by atoms with van der Waals surface area (Å²) in [5.41, 5.74) is 9.58. The van der Waals surface area contributed by atoms with Gasteiger partial charge in [-0.2, -0.15) is 5.10 Å². The molecule has 8 heteroatoms. The van der Waals surface area contributed by atoms with Crippen molar-refractivity contribution in [3.63, 3.8) is 0 Å². The van der Waals surface area contributed by atoms with Crippen LogP contribution in [-0.2, 0) is 0 Å². The second-order valence-electron chi connectivity index (χ2n) is 7.60. The summed E-state index contributed by atoms with van der Waals surface area (Å²) in [5.74, 6) is 0.741. The number of ether oxygens (including phenoxy) is 1. The number of rotatable bonds is 5. The van der Waals surface area contributed by atoms with Crippen molar-refractivity contribution in [1.29, 1.82) is 0 Å². The van der Waals surface area contributed by atoms with Crippen molar-refractivity contribution in [1.82, 2.24) is 25.1 Å². The van der Waals surface area contributed by atoms with E-state index in [1.165, 1.54) is 0 Å². The highest BCUT2D eigenvalue weighted by atomic mass is 16.5. The summed E-state index contributed by atoms with van der Waals surface area (Å²) in [7, 11) is 0. The molecule has 1 saturated heterocycles. The second-order valence-corrected chi connectivity index (χ2v) is 7.60. The molecule has 5 rings (SSSR count). The molecule has 1 unspecified atom stereocenters. The third kappa shape index (κ3) is 3.39. The fourth-order valence-corrected chi connectivity index (χ4v) is 3.93. The Hall–Kier alpha value is -3.39. The van der Waals surface area contributed by atoms with Crippen LogP contribution in [0.1, 0.15) is 37.5 Å². The molecular weight excluding hydrogens is 380 g/mol. The molecule has 1 aliphatic rings. The Morgan fingerprint density at radius 3 is 2.93 bits per heavy atom. The van der Waals surface area contributed by atoms with Crippen molar-refractivity contribution >= 4 is 16.8 Å². The first-order valence-electron chi connectivity index (χ1n) is 10.2. The lowest BCUT2D eigenvalue weighted by atomic mass is 10.1. The molecule has 4 aromatic heterocycles. The van der Waals surface area contributed by atoms with Crippen LogP contribution in [0.15, 0.2) is 53.8 Å². The Morgan fingerprint density at radius 2 is 2.13 bits per heavy atom. The predicted molar refractivity (Wildman–Crippen MR) is 114 cm³/mol. The van der Waals surface area contributed by atoms with E-state index in [0.29, 0.717) is 23.2 Å². The molecule has 1 aliphatic heterocycles. The van der Waals surface area contributed by atoms with E-state index in [1.54, 1.807) is 24.9 Å². The molecule has 0 aliphatic carbocycles. The Balaban J connectivity index is 1.47. The quantitative estimate of drug-likeness (QED) is 0.522. The standard InChI is InChI=1S/C22H24N6O2/c1-14(15-3-2-6-25-9-15)30-21-20-18(11-26-22(21)23)19(13-29-20)16-10-27-28(12-16)17-4-7-24-8-5-17/h2-3,6,9-14,17,24H,4-5,7-8H2,1H3,(H2,23,26). The third-order valence-corrected chi connectivity index (χ3v) is 5.64. The summed E-state index contributed by atoms with van der Waals surface area (Å²) in [5, 5.41) is 8.83. The van der Waals surface area contributed by atoms with E-state index < -0.39 is 0 Å². The number of furan rings is 1. The molecule has 0 saturated carbocycles. The van der Waals surface area contributed by atoms with Crippen LogP contribution in [-0.4, -0.2) is 32.8 Å². The molecule has 154 valence electrons. The Bertz CT molecular complexity index is 1150. The molecule has 0 bridgehead atoms. The van der Waals surface area contributed by atoms with Crippen molar-refractivity contribution in [2.75, 3.05) is 18.8 Å². The predicted octanol–water partition coefficient (Wildman–Crippen LogP) is 3.73. The van der Waals surface area contributed by atoms with Crippen LogP contribution < -0.4 is 15.8 Å². The lowest BCUT2D eigenvalue weighted by molar-refractivity contribution is 0.227. The fraction of sp³-hybridized carbons (Fsp3) is 0.318. The maximum atomic E-state index is 6.15. The van der Waals surface area contributed by atoms with Gasteiger partial charge in [0.05, 0.1) is 17.6 Å². The average molecular weight is 404 g/mol. The number of nitrogens with one attached hydrogen (secondary N) is 1. The van der Waals surface area contributed by atoms with E-state index >= 15 is 0 Å². The van der Waals surface area contributed by atoms with Crippen LogP contribution >= 0.6 is 0 Å². The van der Waals surface area contributed by atoms with E-state index in [1.807, 2.05) is 25.3 Å². The number of aromatic nitrogens is 4. The van der Waals surface area contributed by atoms with Gasteiger partial charge in [-0.1, -0.05) is 6.07 Å². The van der Waals surface area contributed by atoms with Gasteiger partial charge in [0.15, 0.2) is 11.4 Å². The number of nitrogens with zero attached hydrogens (tertiary/aromatic N) is 4. The topological polar surface area (TPSA) is 104 Å². The zero-order valence-electron chi connectivity index (χ0n) is 16.8. The lowest BCUT2D eigenvalue weighted by Crippen LogP contribution is -2.29. The molecule has 30 heavy (non-hydrogen) atoms. The minimum atomic E-state index is -0.246. The van der Waals surface area contributed by atoms with Crippen LogP contribution in [0.25, 0.3) is 22.1 Å². The third-order valence-electron chi connectivity index (χ3n) is 5.64. The smallest absolute Gasteiger partial charge is 0.205 e.